The molecule has 1 aromatic carbocycles. The highest BCUT2D eigenvalue weighted by atomic mass is 32.2. The second-order valence-corrected chi connectivity index (χ2v) is 11.3. The summed E-state index contributed by atoms with van der Waals surface area (Å²) in [6, 6.07) is 8.59. The molecule has 35 heavy (non-hydrogen) atoms. The molecule has 0 spiro atoms. The summed E-state index contributed by atoms with van der Waals surface area (Å²) in [5.41, 5.74) is 4.99. The minimum atomic E-state index is -3.89. The van der Waals surface area contributed by atoms with Crippen LogP contribution in [0, 0.1) is 5.92 Å². The molecule has 2 heterocycles. The monoisotopic (exact) mass is 525 g/mol. The number of thioether (sulfide) groups is 1. The van der Waals surface area contributed by atoms with E-state index in [1.807, 2.05) is 13.8 Å². The van der Waals surface area contributed by atoms with Crippen molar-refractivity contribution in [2.45, 2.75) is 50.2 Å². The van der Waals surface area contributed by atoms with Crippen LogP contribution >= 0.6 is 19.5 Å². The van der Waals surface area contributed by atoms with Crippen LogP contribution in [0.3, 0.4) is 0 Å². The van der Waals surface area contributed by atoms with Gasteiger partial charge in [-0.05, 0) is 30.9 Å². The highest BCUT2D eigenvalue weighted by Gasteiger charge is 2.33. The van der Waals surface area contributed by atoms with Crippen molar-refractivity contribution >= 4 is 31.4 Å². The van der Waals surface area contributed by atoms with Crippen LogP contribution in [0.1, 0.15) is 44.9 Å². The minimum absolute atomic E-state index is 0.0548. The van der Waals surface area contributed by atoms with Gasteiger partial charge in [0.1, 0.15) is 18.6 Å². The summed E-state index contributed by atoms with van der Waals surface area (Å²) < 4.78 is 31.6. The molecule has 1 fully saturated rings. The number of anilines is 1. The fourth-order valence-electron chi connectivity index (χ4n) is 3.42. The third-order valence-electron chi connectivity index (χ3n) is 5.59. The van der Waals surface area contributed by atoms with E-state index in [1.165, 1.54) is 22.7 Å². The van der Waals surface area contributed by atoms with Crippen molar-refractivity contribution in [2.24, 2.45) is 5.92 Å². The van der Waals surface area contributed by atoms with Gasteiger partial charge in [-0.15, -0.1) is 11.8 Å². The average molecular weight is 526 g/mol. The number of nitrogens with two attached hydrogens (primary N) is 1. The van der Waals surface area contributed by atoms with Gasteiger partial charge in [0.05, 0.1) is 18.6 Å². The fourth-order valence-corrected chi connectivity index (χ4v) is 6.24. The van der Waals surface area contributed by atoms with E-state index in [0.717, 1.165) is 19.3 Å². The van der Waals surface area contributed by atoms with E-state index in [4.69, 9.17) is 19.5 Å². The summed E-state index contributed by atoms with van der Waals surface area (Å²) in [6.07, 6.45) is 4.60. The maximum atomic E-state index is 13.5. The van der Waals surface area contributed by atoms with Crippen molar-refractivity contribution in [3.63, 3.8) is 0 Å². The Morgan fingerprint density at radius 2 is 2.03 bits per heavy atom. The highest BCUT2D eigenvalue weighted by Crippen LogP contribution is 2.47. The average Bonchev–Trinajstić information content (AvgIpc) is 3.32. The summed E-state index contributed by atoms with van der Waals surface area (Å²) in [7, 11) is -3.89. The van der Waals surface area contributed by atoms with Crippen LogP contribution in [-0.4, -0.2) is 45.5 Å². The van der Waals surface area contributed by atoms with Crippen LogP contribution in [0.5, 0.6) is 5.75 Å². The summed E-state index contributed by atoms with van der Waals surface area (Å²) in [4.78, 5) is 31.9. The smallest absolute Gasteiger partial charge is 0.459 e. The summed E-state index contributed by atoms with van der Waals surface area (Å²) in [5.74, 6) is 0.0261. The number of para-hydroxylation sites is 1. The number of carbonyl (C=O) groups is 1. The molecule has 3 rings (SSSR count). The van der Waals surface area contributed by atoms with Crippen molar-refractivity contribution in [1.29, 1.82) is 0 Å². The molecule has 1 unspecified atom stereocenters. The Bertz CT molecular complexity index is 1070. The first-order valence-electron chi connectivity index (χ1n) is 11.6. The number of benzene rings is 1. The summed E-state index contributed by atoms with van der Waals surface area (Å²) >= 11 is 1.49. The Kier molecular flexibility index (Phi) is 10.1. The molecule has 192 valence electrons. The summed E-state index contributed by atoms with van der Waals surface area (Å²) in [6.45, 7) is 4.16. The molecular weight excluding hydrogens is 493 g/mol. The largest absolute Gasteiger partial charge is 0.464 e. The molecule has 11 nitrogen and oxygen atoms in total. The van der Waals surface area contributed by atoms with Gasteiger partial charge in [0, 0.05) is 5.25 Å². The van der Waals surface area contributed by atoms with Gasteiger partial charge in [-0.2, -0.15) is 4.98 Å². The number of nitrogens with zero attached hydrogens (tertiary/aromatic N) is 3. The first kappa shape index (κ1) is 27.2. The number of hydrogen-bond donors (Lipinski definition) is 2. The molecule has 3 N–H and O–H groups in total. The van der Waals surface area contributed by atoms with E-state index in [1.54, 1.807) is 30.3 Å². The maximum absolute atomic E-state index is 13.5. The Balaban J connectivity index is 1.59. The third kappa shape index (κ3) is 8.34. The Morgan fingerprint density at radius 3 is 2.71 bits per heavy atom. The second kappa shape index (κ2) is 13.1. The van der Waals surface area contributed by atoms with Gasteiger partial charge in [-0.1, -0.05) is 44.9 Å². The zero-order valence-corrected chi connectivity index (χ0v) is 21.6. The van der Waals surface area contributed by atoms with Gasteiger partial charge < -0.3 is 15.0 Å². The number of carbonyl (C=O) groups excluding carboxylic acids is 1. The molecule has 3 atom stereocenters. The molecule has 1 saturated heterocycles. The van der Waals surface area contributed by atoms with Gasteiger partial charge in [0.15, 0.2) is 0 Å². The van der Waals surface area contributed by atoms with E-state index in [9.17, 15) is 14.2 Å². The molecular formula is C22H32N5O6PS. The van der Waals surface area contributed by atoms with Gasteiger partial charge in [0.25, 0.3) is 0 Å². The van der Waals surface area contributed by atoms with Crippen LogP contribution in [0.2, 0.25) is 0 Å². The summed E-state index contributed by atoms with van der Waals surface area (Å²) in [5, 5.41) is 2.39. The predicted octanol–water partition coefficient (Wildman–Crippen LogP) is 3.39. The number of nitrogen functional groups attached to an aromatic ring is 1. The number of rotatable bonds is 13. The molecule has 2 aromatic rings. The first-order valence-corrected chi connectivity index (χ1v) is 14.1. The van der Waals surface area contributed by atoms with Crippen molar-refractivity contribution in [3.05, 3.63) is 47.1 Å². The SMILES string of the molecule is CCC(CC)COC(=O)CNP(=O)(OC[C@@H]1CC[C@H](n2cnc(N)nc2=O)S1)Oc1ccccc1. The molecule has 1 aliphatic heterocycles. The van der Waals surface area contributed by atoms with Crippen molar-refractivity contribution in [1.82, 2.24) is 19.6 Å². The number of esters is 1. The Morgan fingerprint density at radius 1 is 1.29 bits per heavy atom. The van der Waals surface area contributed by atoms with Crippen LogP contribution in [0.4, 0.5) is 5.95 Å². The lowest BCUT2D eigenvalue weighted by atomic mass is 10.1. The van der Waals surface area contributed by atoms with Crippen LogP contribution < -0.4 is 21.0 Å². The lowest BCUT2D eigenvalue weighted by molar-refractivity contribution is -0.143. The maximum Gasteiger partial charge on any atom is 0.459 e. The van der Waals surface area contributed by atoms with E-state index in [2.05, 4.69) is 15.1 Å². The number of nitrogens with one attached hydrogen (secondary N) is 1. The zero-order valence-electron chi connectivity index (χ0n) is 19.9. The van der Waals surface area contributed by atoms with Gasteiger partial charge in [0.2, 0.25) is 5.95 Å². The van der Waals surface area contributed by atoms with Gasteiger partial charge in [-0.3, -0.25) is 13.9 Å². The topological polar surface area (TPSA) is 148 Å². The molecule has 0 amide bonds. The number of aromatic nitrogens is 3. The molecule has 1 aromatic heterocycles. The standard InChI is InChI=1S/C22H32N5O6PS/c1-3-16(4-2)13-31-20(28)12-25-34(30,33-17-8-6-5-7-9-17)32-14-18-10-11-19(35-18)27-15-24-21(23)26-22(27)29/h5-9,15-16,18-19H,3-4,10-14H2,1-2H3,(H,25,30)(H2,23,26,29)/t18-,19+,34?/m0/s1. The van der Waals surface area contributed by atoms with Crippen molar-refractivity contribution in [2.75, 3.05) is 25.5 Å². The van der Waals surface area contributed by atoms with E-state index >= 15 is 0 Å². The van der Waals surface area contributed by atoms with Crippen molar-refractivity contribution < 1.29 is 23.1 Å². The first-order chi connectivity index (χ1) is 16.8. The van der Waals surface area contributed by atoms with E-state index < -0.39 is 19.4 Å². The Hall–Kier alpha value is -2.40. The lowest BCUT2D eigenvalue weighted by Crippen LogP contribution is -2.28. The molecule has 1 aliphatic rings. The van der Waals surface area contributed by atoms with Crippen LogP contribution in [0.25, 0.3) is 0 Å². The number of hydrogen-bond acceptors (Lipinski definition) is 10. The second-order valence-electron chi connectivity index (χ2n) is 8.09. The Labute approximate surface area is 208 Å². The van der Waals surface area contributed by atoms with Crippen LogP contribution in [0.15, 0.2) is 41.5 Å². The fraction of sp³-hybridized carbons (Fsp3) is 0.545. The molecule has 0 saturated carbocycles. The van der Waals surface area contributed by atoms with Crippen molar-refractivity contribution in [3.8, 4) is 5.75 Å². The van der Waals surface area contributed by atoms with Gasteiger partial charge >= 0.3 is 19.4 Å². The predicted molar refractivity (Wildman–Crippen MR) is 134 cm³/mol. The van der Waals surface area contributed by atoms with Gasteiger partial charge in [-0.25, -0.2) is 19.4 Å². The highest BCUT2D eigenvalue weighted by molar-refractivity contribution is 8.00. The minimum Gasteiger partial charge on any atom is -0.464 e. The number of ether oxygens (including phenoxy) is 1. The zero-order chi connectivity index (χ0) is 25.3. The molecule has 0 aliphatic carbocycles. The van der Waals surface area contributed by atoms with Crippen LogP contribution in [-0.2, 0) is 18.6 Å². The normalized spacial score (nSPS) is 19.4. The molecule has 0 radical (unpaired) electrons. The van der Waals surface area contributed by atoms with E-state index in [0.29, 0.717) is 18.8 Å². The third-order valence-corrected chi connectivity index (χ3v) is 8.61. The molecule has 13 heteroatoms. The van der Waals surface area contributed by atoms with E-state index in [-0.39, 0.29) is 35.6 Å². The molecule has 0 bridgehead atoms. The lowest BCUT2D eigenvalue weighted by Gasteiger charge is -2.21. The quantitative estimate of drug-likeness (QED) is 0.293.